The average molecular weight is 336 g/mol. The van der Waals surface area contributed by atoms with Crippen molar-refractivity contribution in [2.24, 2.45) is 5.10 Å². The highest BCUT2D eigenvalue weighted by Gasteiger charge is 2.18. The van der Waals surface area contributed by atoms with Crippen molar-refractivity contribution in [1.29, 1.82) is 0 Å². The maximum atomic E-state index is 11.1. The summed E-state index contributed by atoms with van der Waals surface area (Å²) in [6.07, 6.45) is 1.53. The third-order valence-electron chi connectivity index (χ3n) is 3.56. The van der Waals surface area contributed by atoms with Gasteiger partial charge < -0.3 is 0 Å². The van der Waals surface area contributed by atoms with Crippen LogP contribution in [0.2, 0.25) is 0 Å². The van der Waals surface area contributed by atoms with Crippen LogP contribution in [0.5, 0.6) is 0 Å². The molecule has 0 aliphatic heterocycles. The van der Waals surface area contributed by atoms with Crippen LogP contribution in [0.25, 0.3) is 10.8 Å². The van der Waals surface area contributed by atoms with Gasteiger partial charge in [-0.1, -0.05) is 36.4 Å². The maximum Gasteiger partial charge on any atom is 0.301 e. The number of anilines is 1. The third-order valence-corrected chi connectivity index (χ3v) is 3.56. The molecule has 0 bridgehead atoms. The second kappa shape index (κ2) is 6.75. The first-order chi connectivity index (χ1) is 12.0. The maximum absolute atomic E-state index is 11.1. The van der Waals surface area contributed by atoms with Crippen molar-refractivity contribution in [3.8, 4) is 0 Å². The van der Waals surface area contributed by atoms with Crippen molar-refractivity contribution in [3.05, 3.63) is 86.5 Å². The lowest BCUT2D eigenvalue weighted by Crippen LogP contribution is -1.98. The minimum Gasteiger partial charge on any atom is -0.272 e. The van der Waals surface area contributed by atoms with E-state index in [2.05, 4.69) is 10.5 Å². The lowest BCUT2D eigenvalue weighted by molar-refractivity contribution is -0.393. The van der Waals surface area contributed by atoms with Crippen LogP contribution < -0.4 is 5.43 Å². The zero-order valence-corrected chi connectivity index (χ0v) is 12.8. The number of nitro groups is 2. The summed E-state index contributed by atoms with van der Waals surface area (Å²) >= 11 is 0. The summed E-state index contributed by atoms with van der Waals surface area (Å²) in [6, 6.07) is 16.9. The first-order valence-electron chi connectivity index (χ1n) is 7.25. The van der Waals surface area contributed by atoms with E-state index in [-0.39, 0.29) is 11.4 Å². The standard InChI is InChI=1S/C17H12N4O4/c22-20(23)15-7-8-16(17(10-15)21(24)25)19-18-11-12-5-6-13-3-1-2-4-14(13)9-12/h1-11,19H. The summed E-state index contributed by atoms with van der Waals surface area (Å²) in [7, 11) is 0. The molecule has 0 spiro atoms. The number of nitrogens with zero attached hydrogens (tertiary/aromatic N) is 3. The largest absolute Gasteiger partial charge is 0.301 e. The third kappa shape index (κ3) is 3.58. The van der Waals surface area contributed by atoms with E-state index in [1.807, 2.05) is 42.5 Å². The molecule has 0 aliphatic carbocycles. The Morgan fingerprint density at radius 2 is 1.64 bits per heavy atom. The van der Waals surface area contributed by atoms with Crippen LogP contribution in [0.15, 0.2) is 65.8 Å². The molecule has 8 heteroatoms. The second-order valence-corrected chi connectivity index (χ2v) is 5.19. The SMILES string of the molecule is O=[N+]([O-])c1ccc(NN=Cc2ccc3ccccc3c2)c([N+](=O)[O-])c1. The van der Waals surface area contributed by atoms with E-state index in [1.165, 1.54) is 18.3 Å². The zero-order chi connectivity index (χ0) is 17.8. The molecule has 8 nitrogen and oxygen atoms in total. The van der Waals surface area contributed by atoms with E-state index in [0.717, 1.165) is 22.4 Å². The second-order valence-electron chi connectivity index (χ2n) is 5.19. The van der Waals surface area contributed by atoms with Crippen LogP contribution >= 0.6 is 0 Å². The summed E-state index contributed by atoms with van der Waals surface area (Å²) in [5.41, 5.74) is 2.69. The van der Waals surface area contributed by atoms with Crippen LogP contribution in [0, 0.1) is 20.2 Å². The fraction of sp³-hybridized carbons (Fsp3) is 0. The van der Waals surface area contributed by atoms with Gasteiger partial charge in [-0.3, -0.25) is 25.7 Å². The van der Waals surface area contributed by atoms with Gasteiger partial charge >= 0.3 is 5.69 Å². The van der Waals surface area contributed by atoms with Gasteiger partial charge in [0.25, 0.3) is 5.69 Å². The number of benzene rings is 3. The van der Waals surface area contributed by atoms with Gasteiger partial charge in [-0.25, -0.2) is 0 Å². The first-order valence-corrected chi connectivity index (χ1v) is 7.25. The fourth-order valence-corrected chi connectivity index (χ4v) is 2.34. The smallest absolute Gasteiger partial charge is 0.272 e. The number of nitro benzene ring substituents is 2. The molecular formula is C17H12N4O4. The Kier molecular flexibility index (Phi) is 4.34. The number of nitrogens with one attached hydrogen (secondary N) is 1. The molecule has 3 aromatic rings. The predicted molar refractivity (Wildman–Crippen MR) is 94.9 cm³/mol. The van der Waals surface area contributed by atoms with E-state index in [9.17, 15) is 20.2 Å². The molecule has 0 saturated heterocycles. The van der Waals surface area contributed by atoms with E-state index in [0.29, 0.717) is 0 Å². The summed E-state index contributed by atoms with van der Waals surface area (Å²) in [5, 5.41) is 27.9. The number of hydrogen-bond donors (Lipinski definition) is 1. The molecule has 3 rings (SSSR count). The molecule has 0 atom stereocenters. The Morgan fingerprint density at radius 3 is 2.36 bits per heavy atom. The molecule has 0 radical (unpaired) electrons. The van der Waals surface area contributed by atoms with Crippen molar-refractivity contribution >= 4 is 34.0 Å². The van der Waals surface area contributed by atoms with Crippen molar-refractivity contribution in [2.75, 3.05) is 5.43 Å². The predicted octanol–water partition coefficient (Wildman–Crippen LogP) is 4.10. The molecule has 0 heterocycles. The lowest BCUT2D eigenvalue weighted by Gasteiger charge is -2.02. The normalized spacial score (nSPS) is 10.9. The molecule has 25 heavy (non-hydrogen) atoms. The van der Waals surface area contributed by atoms with Crippen molar-refractivity contribution in [1.82, 2.24) is 0 Å². The highest BCUT2D eigenvalue weighted by atomic mass is 16.6. The Hall–Kier alpha value is -3.81. The molecule has 0 aliphatic rings. The summed E-state index contributed by atoms with van der Waals surface area (Å²) < 4.78 is 0. The van der Waals surface area contributed by atoms with Gasteiger partial charge in [0, 0.05) is 6.07 Å². The van der Waals surface area contributed by atoms with Crippen LogP contribution in [-0.2, 0) is 0 Å². The summed E-state index contributed by atoms with van der Waals surface area (Å²) in [6.45, 7) is 0. The Morgan fingerprint density at radius 1 is 0.880 bits per heavy atom. The van der Waals surface area contributed by atoms with Crippen LogP contribution in [0.3, 0.4) is 0 Å². The first kappa shape index (κ1) is 16.1. The van der Waals surface area contributed by atoms with Gasteiger partial charge in [-0.15, -0.1) is 0 Å². The van der Waals surface area contributed by atoms with Gasteiger partial charge in [-0.05, 0) is 28.5 Å². The van der Waals surface area contributed by atoms with Gasteiger partial charge in [-0.2, -0.15) is 5.10 Å². The molecule has 3 aromatic carbocycles. The quantitative estimate of drug-likeness (QED) is 0.428. The van der Waals surface area contributed by atoms with E-state index in [1.54, 1.807) is 0 Å². The van der Waals surface area contributed by atoms with Crippen molar-refractivity contribution in [2.45, 2.75) is 0 Å². The molecule has 0 unspecified atom stereocenters. The van der Waals surface area contributed by atoms with Crippen LogP contribution in [0.4, 0.5) is 17.1 Å². The number of non-ortho nitro benzene ring substituents is 1. The number of hydrogen-bond acceptors (Lipinski definition) is 6. The topological polar surface area (TPSA) is 111 Å². The van der Waals surface area contributed by atoms with Gasteiger partial charge in [0.15, 0.2) is 0 Å². The Balaban J connectivity index is 1.83. The molecule has 0 fully saturated rings. The fourth-order valence-electron chi connectivity index (χ4n) is 2.34. The molecule has 0 saturated carbocycles. The van der Waals surface area contributed by atoms with E-state index >= 15 is 0 Å². The number of hydrazone groups is 1. The zero-order valence-electron chi connectivity index (χ0n) is 12.8. The molecule has 0 aromatic heterocycles. The number of rotatable bonds is 5. The van der Waals surface area contributed by atoms with Gasteiger partial charge in [0.2, 0.25) is 0 Å². The van der Waals surface area contributed by atoms with Gasteiger partial charge in [0.05, 0.1) is 22.1 Å². The van der Waals surface area contributed by atoms with Gasteiger partial charge in [0.1, 0.15) is 5.69 Å². The average Bonchev–Trinajstić information content (AvgIpc) is 2.61. The monoisotopic (exact) mass is 336 g/mol. The van der Waals surface area contributed by atoms with Crippen molar-refractivity contribution in [3.63, 3.8) is 0 Å². The lowest BCUT2D eigenvalue weighted by atomic mass is 10.1. The molecule has 1 N–H and O–H groups in total. The highest BCUT2D eigenvalue weighted by molar-refractivity contribution is 5.90. The molecule has 0 amide bonds. The number of fused-ring (bicyclic) bond motifs is 1. The van der Waals surface area contributed by atoms with E-state index in [4.69, 9.17) is 0 Å². The van der Waals surface area contributed by atoms with Crippen LogP contribution in [0.1, 0.15) is 5.56 Å². The Labute approximate surface area is 141 Å². The summed E-state index contributed by atoms with van der Waals surface area (Å²) in [4.78, 5) is 20.4. The summed E-state index contributed by atoms with van der Waals surface area (Å²) in [5.74, 6) is 0. The minimum absolute atomic E-state index is 0.0765. The molecule has 124 valence electrons. The minimum atomic E-state index is -0.694. The van der Waals surface area contributed by atoms with Crippen LogP contribution in [-0.4, -0.2) is 16.1 Å². The van der Waals surface area contributed by atoms with E-state index < -0.39 is 15.5 Å². The Bertz CT molecular complexity index is 1000. The highest BCUT2D eigenvalue weighted by Crippen LogP contribution is 2.28. The molecular weight excluding hydrogens is 324 g/mol. The van der Waals surface area contributed by atoms with Crippen molar-refractivity contribution < 1.29 is 9.85 Å².